The topological polar surface area (TPSA) is 87.8 Å². The van der Waals surface area contributed by atoms with Gasteiger partial charge in [-0.25, -0.2) is 0 Å². The molecule has 2 aliphatic rings. The Morgan fingerprint density at radius 3 is 2.38 bits per heavy atom. The minimum Gasteiger partial charge on any atom is -0.497 e. The number of amides is 2. The zero-order valence-electron chi connectivity index (χ0n) is 19.0. The monoisotopic (exact) mass is 440 g/mol. The molecule has 172 valence electrons. The van der Waals surface area contributed by atoms with Gasteiger partial charge in [0.05, 0.1) is 43.2 Å². The maximum absolute atomic E-state index is 13.2. The van der Waals surface area contributed by atoms with Crippen LogP contribution in [0.15, 0.2) is 30.5 Å². The van der Waals surface area contributed by atoms with Crippen LogP contribution in [0.5, 0.6) is 5.75 Å². The fourth-order valence-corrected chi connectivity index (χ4v) is 4.74. The van der Waals surface area contributed by atoms with Crippen molar-refractivity contribution in [2.24, 2.45) is 0 Å². The highest BCUT2D eigenvalue weighted by atomic mass is 16.5. The molecule has 2 aromatic rings. The molecule has 32 heavy (non-hydrogen) atoms. The molecule has 2 atom stereocenters. The van der Waals surface area contributed by atoms with Crippen LogP contribution in [-0.4, -0.2) is 77.3 Å². The van der Waals surface area contributed by atoms with Gasteiger partial charge in [-0.05, 0) is 44.4 Å². The highest BCUT2D eigenvalue weighted by molar-refractivity contribution is 5.95. The van der Waals surface area contributed by atoms with E-state index in [0.29, 0.717) is 38.2 Å². The maximum Gasteiger partial charge on any atom is 0.257 e. The molecule has 2 saturated heterocycles. The van der Waals surface area contributed by atoms with Gasteiger partial charge in [0.15, 0.2) is 0 Å². The molecule has 3 heterocycles. The molecule has 0 bridgehead atoms. The van der Waals surface area contributed by atoms with Gasteiger partial charge in [-0.1, -0.05) is 12.1 Å². The number of carbonyl (C=O) groups is 2. The Morgan fingerprint density at radius 1 is 1.09 bits per heavy atom. The fraction of sp³-hybridized carbons (Fsp3) is 0.542. The third-order valence-corrected chi connectivity index (χ3v) is 6.38. The molecule has 1 N–H and O–H groups in total. The van der Waals surface area contributed by atoms with Gasteiger partial charge in [0.1, 0.15) is 5.75 Å². The van der Waals surface area contributed by atoms with E-state index in [1.54, 1.807) is 13.3 Å². The van der Waals surface area contributed by atoms with Gasteiger partial charge in [0.25, 0.3) is 5.91 Å². The van der Waals surface area contributed by atoms with E-state index in [9.17, 15) is 9.59 Å². The summed E-state index contributed by atoms with van der Waals surface area (Å²) in [4.78, 5) is 29.7. The van der Waals surface area contributed by atoms with Crippen molar-refractivity contribution < 1.29 is 19.1 Å². The highest BCUT2D eigenvalue weighted by Crippen LogP contribution is 2.30. The van der Waals surface area contributed by atoms with Crippen LogP contribution in [0.2, 0.25) is 0 Å². The number of rotatable bonds is 5. The van der Waals surface area contributed by atoms with E-state index < -0.39 is 0 Å². The molecular formula is C24H32N4O4. The predicted molar refractivity (Wildman–Crippen MR) is 120 cm³/mol. The summed E-state index contributed by atoms with van der Waals surface area (Å²) in [5.41, 5.74) is 2.52. The van der Waals surface area contributed by atoms with Gasteiger partial charge < -0.3 is 19.3 Å². The molecule has 2 amide bonds. The molecule has 8 heteroatoms. The summed E-state index contributed by atoms with van der Waals surface area (Å²) < 4.78 is 10.9. The number of H-pyrrole nitrogens is 1. The lowest BCUT2D eigenvalue weighted by atomic mass is 9.90. The molecule has 0 spiro atoms. The smallest absolute Gasteiger partial charge is 0.257 e. The van der Waals surface area contributed by atoms with Crippen LogP contribution in [0, 0.1) is 0 Å². The number of carbonyl (C=O) groups excluding carboxylic acids is 2. The van der Waals surface area contributed by atoms with Crippen molar-refractivity contribution in [3.8, 4) is 5.75 Å². The van der Waals surface area contributed by atoms with Gasteiger partial charge in [0.2, 0.25) is 5.91 Å². The normalized spacial score (nSPS) is 22.1. The van der Waals surface area contributed by atoms with Crippen LogP contribution >= 0.6 is 0 Å². The molecule has 0 unspecified atom stereocenters. The summed E-state index contributed by atoms with van der Waals surface area (Å²) in [6.07, 6.45) is 3.70. The van der Waals surface area contributed by atoms with E-state index in [2.05, 4.69) is 10.2 Å². The van der Waals surface area contributed by atoms with Gasteiger partial charge in [-0.15, -0.1) is 0 Å². The number of nitrogens with one attached hydrogen (secondary N) is 1. The Kier molecular flexibility index (Phi) is 6.79. The molecule has 0 saturated carbocycles. The van der Waals surface area contributed by atoms with E-state index in [4.69, 9.17) is 9.47 Å². The number of aromatic amines is 1. The second-order valence-corrected chi connectivity index (χ2v) is 8.84. The van der Waals surface area contributed by atoms with Crippen LogP contribution in [0.3, 0.4) is 0 Å². The number of likely N-dealkylation sites (tertiary alicyclic amines) is 1. The number of nitrogens with zero attached hydrogens (tertiary/aromatic N) is 3. The number of ether oxygens (including phenoxy) is 2. The van der Waals surface area contributed by atoms with Crippen LogP contribution in [0.4, 0.5) is 0 Å². The average molecular weight is 441 g/mol. The van der Waals surface area contributed by atoms with Gasteiger partial charge in [0, 0.05) is 32.1 Å². The lowest BCUT2D eigenvalue weighted by Crippen LogP contribution is -2.48. The minimum absolute atomic E-state index is 0.00811. The summed E-state index contributed by atoms with van der Waals surface area (Å²) in [6.45, 7) is 6.52. The number of methoxy groups -OCH3 is 1. The number of benzene rings is 1. The summed E-state index contributed by atoms with van der Waals surface area (Å²) >= 11 is 0. The molecular weight excluding hydrogens is 408 g/mol. The lowest BCUT2D eigenvalue weighted by molar-refractivity contribution is -0.131. The molecule has 0 aliphatic carbocycles. The first kappa shape index (κ1) is 22.3. The summed E-state index contributed by atoms with van der Waals surface area (Å²) in [6, 6.07) is 7.61. The molecule has 8 nitrogen and oxygen atoms in total. The minimum atomic E-state index is 0.00811. The van der Waals surface area contributed by atoms with Crippen molar-refractivity contribution in [1.29, 1.82) is 0 Å². The number of aromatic nitrogens is 2. The number of morpholine rings is 1. The highest BCUT2D eigenvalue weighted by Gasteiger charge is 2.32. The quantitative estimate of drug-likeness (QED) is 0.772. The lowest BCUT2D eigenvalue weighted by Gasteiger charge is -2.36. The fourth-order valence-electron chi connectivity index (χ4n) is 4.74. The van der Waals surface area contributed by atoms with E-state index in [1.807, 2.05) is 47.9 Å². The van der Waals surface area contributed by atoms with E-state index in [-0.39, 0.29) is 29.9 Å². The SMILES string of the molecule is COc1ccc(CC(=O)N2CCC(c3[nH]ncc3C(=O)N3C[C@@H](C)O[C@@H](C)C3)CC2)cc1. The molecule has 0 radical (unpaired) electrons. The first-order chi connectivity index (χ1) is 15.4. The first-order valence-corrected chi connectivity index (χ1v) is 11.3. The van der Waals surface area contributed by atoms with Crippen LogP contribution in [0.25, 0.3) is 0 Å². The Morgan fingerprint density at radius 2 is 1.75 bits per heavy atom. The summed E-state index contributed by atoms with van der Waals surface area (Å²) in [7, 11) is 1.63. The second kappa shape index (κ2) is 9.73. The van der Waals surface area contributed by atoms with Crippen LogP contribution < -0.4 is 4.74 Å². The van der Waals surface area contributed by atoms with Gasteiger partial charge >= 0.3 is 0 Å². The van der Waals surface area contributed by atoms with Crippen molar-refractivity contribution in [3.63, 3.8) is 0 Å². The van der Waals surface area contributed by atoms with E-state index in [1.165, 1.54) is 0 Å². The predicted octanol–water partition coefficient (Wildman–Crippen LogP) is 2.62. The van der Waals surface area contributed by atoms with Crippen molar-refractivity contribution in [2.75, 3.05) is 33.3 Å². The molecule has 1 aromatic carbocycles. The van der Waals surface area contributed by atoms with Gasteiger partial charge in [-0.3, -0.25) is 14.7 Å². The average Bonchev–Trinajstić information content (AvgIpc) is 3.28. The zero-order valence-corrected chi connectivity index (χ0v) is 19.0. The Hall–Kier alpha value is -2.87. The second-order valence-electron chi connectivity index (χ2n) is 8.84. The maximum atomic E-state index is 13.2. The van der Waals surface area contributed by atoms with Gasteiger partial charge in [-0.2, -0.15) is 5.10 Å². The van der Waals surface area contributed by atoms with Crippen molar-refractivity contribution >= 4 is 11.8 Å². The molecule has 2 aliphatic heterocycles. The third-order valence-electron chi connectivity index (χ3n) is 6.38. The Labute approximate surface area is 188 Å². The summed E-state index contributed by atoms with van der Waals surface area (Å²) in [5, 5.41) is 7.25. The first-order valence-electron chi connectivity index (χ1n) is 11.3. The number of hydrogen-bond donors (Lipinski definition) is 1. The summed E-state index contributed by atoms with van der Waals surface area (Å²) in [5.74, 6) is 1.12. The Bertz CT molecular complexity index is 924. The van der Waals surface area contributed by atoms with Crippen LogP contribution in [0.1, 0.15) is 54.2 Å². The third kappa shape index (κ3) is 4.96. The standard InChI is InChI=1S/C24H32N4O4/c1-16-14-28(15-17(2)32-16)24(30)21-13-25-26-23(21)19-8-10-27(11-9-19)22(29)12-18-4-6-20(31-3)7-5-18/h4-7,13,16-17,19H,8-12,14-15H2,1-3H3,(H,25,26)/t16-,17+. The van der Waals surface area contributed by atoms with Crippen molar-refractivity contribution in [2.45, 2.75) is 51.2 Å². The molecule has 2 fully saturated rings. The number of piperidine rings is 1. The molecule has 4 rings (SSSR count). The molecule has 1 aromatic heterocycles. The largest absolute Gasteiger partial charge is 0.497 e. The van der Waals surface area contributed by atoms with Crippen molar-refractivity contribution in [1.82, 2.24) is 20.0 Å². The van der Waals surface area contributed by atoms with Crippen molar-refractivity contribution in [3.05, 3.63) is 47.3 Å². The van der Waals surface area contributed by atoms with E-state index in [0.717, 1.165) is 29.8 Å². The van der Waals surface area contributed by atoms with E-state index >= 15 is 0 Å². The Balaban J connectivity index is 1.35. The van der Waals surface area contributed by atoms with Crippen LogP contribution in [-0.2, 0) is 16.0 Å². The zero-order chi connectivity index (χ0) is 22.7. The number of hydrogen-bond acceptors (Lipinski definition) is 5.